The molecule has 0 saturated heterocycles. The predicted molar refractivity (Wildman–Crippen MR) is 112 cm³/mol. The van der Waals surface area contributed by atoms with Crippen molar-refractivity contribution in [2.24, 2.45) is 5.92 Å². The van der Waals surface area contributed by atoms with Gasteiger partial charge in [-0.1, -0.05) is 11.8 Å². The first-order valence-corrected chi connectivity index (χ1v) is 10.2. The number of carbonyl (C=O) groups is 1. The highest BCUT2D eigenvalue weighted by atomic mass is 32.2. The first kappa shape index (κ1) is 17.7. The van der Waals surface area contributed by atoms with Crippen molar-refractivity contribution in [3.05, 3.63) is 54.5 Å². The van der Waals surface area contributed by atoms with Gasteiger partial charge in [0.2, 0.25) is 11.9 Å². The number of aromatic nitrogens is 5. The fourth-order valence-electron chi connectivity index (χ4n) is 2.96. The minimum atomic E-state index is 0.112. The number of nitrogens with zero attached hydrogens (tertiary/aromatic N) is 4. The maximum atomic E-state index is 11.9. The number of aromatic amines is 1. The van der Waals surface area contributed by atoms with Crippen molar-refractivity contribution in [2.75, 3.05) is 10.6 Å². The minimum absolute atomic E-state index is 0.112. The fourth-order valence-corrected chi connectivity index (χ4v) is 3.77. The number of benzene rings is 1. The van der Waals surface area contributed by atoms with Crippen molar-refractivity contribution in [3.8, 4) is 0 Å². The van der Waals surface area contributed by atoms with Crippen LogP contribution in [-0.4, -0.2) is 30.5 Å². The molecule has 0 bridgehead atoms. The Kier molecular flexibility index (Phi) is 4.44. The van der Waals surface area contributed by atoms with E-state index >= 15 is 0 Å². The van der Waals surface area contributed by atoms with E-state index in [2.05, 4.69) is 25.8 Å². The van der Waals surface area contributed by atoms with E-state index in [-0.39, 0.29) is 11.8 Å². The molecule has 0 unspecified atom stereocenters. The molecule has 3 N–H and O–H groups in total. The van der Waals surface area contributed by atoms with Crippen LogP contribution in [0.15, 0.2) is 58.7 Å². The van der Waals surface area contributed by atoms with E-state index in [1.54, 1.807) is 6.20 Å². The van der Waals surface area contributed by atoms with Crippen LogP contribution < -0.4 is 10.6 Å². The number of H-pyrrole nitrogens is 1. The van der Waals surface area contributed by atoms with Gasteiger partial charge >= 0.3 is 0 Å². The van der Waals surface area contributed by atoms with Gasteiger partial charge in [-0.2, -0.15) is 5.10 Å². The van der Waals surface area contributed by atoms with Crippen LogP contribution in [0.5, 0.6) is 0 Å². The zero-order chi connectivity index (χ0) is 19.8. The van der Waals surface area contributed by atoms with E-state index in [4.69, 9.17) is 4.98 Å². The molecular weight excluding hydrogens is 386 g/mol. The molecule has 5 rings (SSSR count). The number of hydrogen-bond acceptors (Lipinski definition) is 6. The Morgan fingerprint density at radius 3 is 2.79 bits per heavy atom. The standard InChI is InChI=1S/C20H19N7OS/c1-12-10-16(26-25-12)23-20-24-18(11-17-21-8-9-27(17)20)29-15-6-4-14(5-7-15)22-19(28)13-2-3-13/h4-11,13H,2-3H2,1H3,(H,22,28)(H2,23,24,25,26). The number of amides is 1. The fraction of sp³-hybridized carbons (Fsp3) is 0.200. The molecule has 0 spiro atoms. The van der Waals surface area contributed by atoms with Crippen LogP contribution in [0.3, 0.4) is 0 Å². The van der Waals surface area contributed by atoms with Gasteiger partial charge in [-0.05, 0) is 44.0 Å². The number of nitrogens with one attached hydrogen (secondary N) is 3. The van der Waals surface area contributed by atoms with Crippen LogP contribution in [0.2, 0.25) is 0 Å². The Hall–Kier alpha value is -3.33. The van der Waals surface area contributed by atoms with Crippen molar-refractivity contribution in [1.29, 1.82) is 0 Å². The molecule has 3 aromatic heterocycles. The minimum Gasteiger partial charge on any atom is -0.326 e. The van der Waals surface area contributed by atoms with Crippen LogP contribution in [-0.2, 0) is 4.79 Å². The highest BCUT2D eigenvalue weighted by Crippen LogP contribution is 2.32. The maximum Gasteiger partial charge on any atom is 0.227 e. The normalized spacial score (nSPS) is 13.6. The van der Waals surface area contributed by atoms with Crippen LogP contribution in [0.25, 0.3) is 5.65 Å². The van der Waals surface area contributed by atoms with Crippen LogP contribution in [0, 0.1) is 12.8 Å². The summed E-state index contributed by atoms with van der Waals surface area (Å²) in [6, 6.07) is 11.7. The largest absolute Gasteiger partial charge is 0.326 e. The lowest BCUT2D eigenvalue weighted by Gasteiger charge is -2.09. The van der Waals surface area contributed by atoms with Gasteiger partial charge in [0.05, 0.1) is 0 Å². The van der Waals surface area contributed by atoms with Gasteiger partial charge in [0.15, 0.2) is 5.82 Å². The van der Waals surface area contributed by atoms with Crippen molar-refractivity contribution >= 4 is 40.8 Å². The molecule has 29 heavy (non-hydrogen) atoms. The second-order valence-corrected chi connectivity index (χ2v) is 8.12. The van der Waals surface area contributed by atoms with Crippen molar-refractivity contribution in [2.45, 2.75) is 29.7 Å². The summed E-state index contributed by atoms with van der Waals surface area (Å²) in [7, 11) is 0. The van der Waals surface area contributed by atoms with Crippen molar-refractivity contribution in [1.82, 2.24) is 24.6 Å². The third-order valence-corrected chi connectivity index (χ3v) is 5.53. The topological polar surface area (TPSA) is 100 Å². The molecule has 1 aliphatic rings. The van der Waals surface area contributed by atoms with E-state index in [0.717, 1.165) is 39.8 Å². The van der Waals surface area contributed by atoms with Crippen molar-refractivity contribution < 1.29 is 4.79 Å². The molecule has 9 heteroatoms. The van der Waals surface area contributed by atoms with Crippen LogP contribution in [0.1, 0.15) is 18.5 Å². The molecule has 8 nitrogen and oxygen atoms in total. The van der Waals surface area contributed by atoms with E-state index in [0.29, 0.717) is 11.8 Å². The summed E-state index contributed by atoms with van der Waals surface area (Å²) in [5.41, 5.74) is 2.58. The van der Waals surface area contributed by atoms with Crippen LogP contribution in [0.4, 0.5) is 17.5 Å². The Morgan fingerprint density at radius 1 is 1.24 bits per heavy atom. The summed E-state index contributed by atoms with van der Waals surface area (Å²) < 4.78 is 1.88. The molecular formula is C20H19N7OS. The molecule has 0 aliphatic heterocycles. The summed E-state index contributed by atoms with van der Waals surface area (Å²) in [4.78, 5) is 22.0. The highest BCUT2D eigenvalue weighted by molar-refractivity contribution is 7.99. The molecule has 1 aromatic carbocycles. The average molecular weight is 405 g/mol. The lowest BCUT2D eigenvalue weighted by Crippen LogP contribution is -2.12. The molecule has 1 saturated carbocycles. The van der Waals surface area contributed by atoms with Gasteiger partial charge in [-0.3, -0.25) is 14.3 Å². The van der Waals surface area contributed by atoms with Gasteiger partial charge in [0.25, 0.3) is 0 Å². The van der Waals surface area contributed by atoms with E-state index in [1.165, 1.54) is 11.8 Å². The monoisotopic (exact) mass is 405 g/mol. The summed E-state index contributed by atoms with van der Waals surface area (Å²) in [5.74, 6) is 1.64. The summed E-state index contributed by atoms with van der Waals surface area (Å²) in [6.07, 6.45) is 5.59. The number of fused-ring (bicyclic) bond motifs is 1. The van der Waals surface area contributed by atoms with Crippen molar-refractivity contribution in [3.63, 3.8) is 0 Å². The van der Waals surface area contributed by atoms with Gasteiger partial charge in [-0.15, -0.1) is 0 Å². The molecule has 1 aliphatic carbocycles. The molecule has 4 aromatic rings. The van der Waals surface area contributed by atoms with E-state index in [9.17, 15) is 4.79 Å². The molecule has 3 heterocycles. The summed E-state index contributed by atoms with van der Waals surface area (Å²) in [6.45, 7) is 1.95. The summed E-state index contributed by atoms with van der Waals surface area (Å²) in [5, 5.41) is 14.1. The number of imidazole rings is 1. The Balaban J connectivity index is 1.36. The number of aryl methyl sites for hydroxylation is 1. The van der Waals surface area contributed by atoms with E-state index < -0.39 is 0 Å². The number of rotatable bonds is 6. The Labute approximate surface area is 171 Å². The second kappa shape index (κ2) is 7.25. The molecule has 0 atom stereocenters. The maximum absolute atomic E-state index is 11.9. The Bertz CT molecular complexity index is 1180. The second-order valence-electron chi connectivity index (χ2n) is 7.02. The smallest absolute Gasteiger partial charge is 0.227 e. The third kappa shape index (κ3) is 3.95. The van der Waals surface area contributed by atoms with Gasteiger partial charge in [0, 0.05) is 46.7 Å². The highest BCUT2D eigenvalue weighted by Gasteiger charge is 2.29. The SMILES string of the molecule is Cc1cc(Nc2nc(Sc3ccc(NC(=O)C4CC4)cc3)cc3nccn23)n[nH]1. The predicted octanol–water partition coefficient (Wildman–Crippen LogP) is 4.00. The molecule has 0 radical (unpaired) electrons. The number of anilines is 3. The summed E-state index contributed by atoms with van der Waals surface area (Å²) >= 11 is 1.54. The first-order chi connectivity index (χ1) is 14.1. The van der Waals surface area contributed by atoms with E-state index in [1.807, 2.05) is 53.9 Å². The molecule has 146 valence electrons. The third-order valence-electron chi connectivity index (χ3n) is 4.60. The van der Waals surface area contributed by atoms with Gasteiger partial charge in [0.1, 0.15) is 10.7 Å². The number of carbonyl (C=O) groups excluding carboxylic acids is 1. The molecule has 1 amide bonds. The zero-order valence-corrected chi connectivity index (χ0v) is 16.5. The molecule has 1 fully saturated rings. The lowest BCUT2D eigenvalue weighted by molar-refractivity contribution is -0.117. The lowest BCUT2D eigenvalue weighted by atomic mass is 10.3. The number of hydrogen-bond donors (Lipinski definition) is 3. The van der Waals surface area contributed by atoms with Gasteiger partial charge in [-0.25, -0.2) is 9.97 Å². The average Bonchev–Trinajstić information content (AvgIpc) is 3.32. The first-order valence-electron chi connectivity index (χ1n) is 9.36. The zero-order valence-electron chi connectivity index (χ0n) is 15.7. The quantitative estimate of drug-likeness (QED) is 0.419. The van der Waals surface area contributed by atoms with Gasteiger partial charge < -0.3 is 10.6 Å². The van der Waals surface area contributed by atoms with Crippen LogP contribution >= 0.6 is 11.8 Å². The Morgan fingerprint density at radius 2 is 2.07 bits per heavy atom.